The van der Waals surface area contributed by atoms with E-state index in [0.717, 1.165) is 0 Å². The van der Waals surface area contributed by atoms with Crippen molar-refractivity contribution in [1.29, 1.82) is 0 Å². The summed E-state index contributed by atoms with van der Waals surface area (Å²) >= 11 is 0. The summed E-state index contributed by atoms with van der Waals surface area (Å²) in [4.78, 5) is 11.1. The van der Waals surface area contributed by atoms with Crippen LogP contribution in [0.2, 0.25) is 0 Å². The fourth-order valence-corrected chi connectivity index (χ4v) is 0.786. The Morgan fingerprint density at radius 1 is 1.43 bits per heavy atom. The molecule has 0 rings (SSSR count). The van der Waals surface area contributed by atoms with Gasteiger partial charge in [-0.05, 0) is 6.92 Å². The van der Waals surface area contributed by atoms with Gasteiger partial charge in [-0.3, -0.25) is 0 Å². The van der Waals surface area contributed by atoms with E-state index in [1.807, 2.05) is 0 Å². The zero-order valence-electron chi connectivity index (χ0n) is 8.65. The van der Waals surface area contributed by atoms with Crippen molar-refractivity contribution in [3.05, 3.63) is 12.2 Å². The van der Waals surface area contributed by atoms with Gasteiger partial charge in [-0.2, -0.15) is 0 Å². The molecule has 0 aliphatic carbocycles. The van der Waals surface area contributed by atoms with Gasteiger partial charge >= 0.3 is 5.97 Å². The highest BCUT2D eigenvalue weighted by atomic mass is 16.7. The minimum Gasteiger partial charge on any atom is -0.433 e. The molecule has 0 radical (unpaired) electrons. The van der Waals surface area contributed by atoms with E-state index >= 15 is 0 Å². The van der Waals surface area contributed by atoms with E-state index < -0.39 is 18.5 Å². The van der Waals surface area contributed by atoms with Gasteiger partial charge in [-0.15, -0.1) is 0 Å². The molecule has 0 bridgehead atoms. The van der Waals surface area contributed by atoms with Crippen molar-refractivity contribution < 1.29 is 24.1 Å². The quantitative estimate of drug-likeness (QED) is 0.386. The van der Waals surface area contributed by atoms with Gasteiger partial charge in [0.2, 0.25) is 0 Å². The smallest absolute Gasteiger partial charge is 0.335 e. The van der Waals surface area contributed by atoms with Crippen molar-refractivity contribution in [3.8, 4) is 0 Å². The minimum absolute atomic E-state index is 0.194. The molecule has 0 spiro atoms. The maximum atomic E-state index is 11.1. The summed E-state index contributed by atoms with van der Waals surface area (Å²) in [6.07, 6.45) is -1.45. The van der Waals surface area contributed by atoms with Crippen molar-refractivity contribution in [2.75, 3.05) is 14.2 Å². The van der Waals surface area contributed by atoms with Crippen LogP contribution in [0.1, 0.15) is 13.3 Å². The zero-order chi connectivity index (χ0) is 11.1. The molecule has 1 unspecified atom stereocenters. The molecular formula is C9H16O5. The van der Waals surface area contributed by atoms with Crippen LogP contribution in [0.25, 0.3) is 0 Å². The number of carbonyl (C=O) groups excluding carboxylic acids is 1. The molecule has 0 aliphatic rings. The predicted molar refractivity (Wildman–Crippen MR) is 49.3 cm³/mol. The first-order valence-electron chi connectivity index (χ1n) is 4.13. The van der Waals surface area contributed by atoms with Crippen molar-refractivity contribution in [2.45, 2.75) is 25.9 Å². The van der Waals surface area contributed by atoms with E-state index in [1.54, 1.807) is 0 Å². The summed E-state index contributed by atoms with van der Waals surface area (Å²) in [5.74, 6) is -0.654. The molecule has 0 heterocycles. The van der Waals surface area contributed by atoms with Gasteiger partial charge in [-0.1, -0.05) is 6.58 Å². The van der Waals surface area contributed by atoms with Crippen LogP contribution in [0.4, 0.5) is 0 Å². The van der Waals surface area contributed by atoms with Crippen LogP contribution < -0.4 is 0 Å². The van der Waals surface area contributed by atoms with Gasteiger partial charge in [0.1, 0.15) is 0 Å². The van der Waals surface area contributed by atoms with Gasteiger partial charge in [0.05, 0.1) is 0 Å². The van der Waals surface area contributed by atoms with E-state index in [-0.39, 0.29) is 12.0 Å². The zero-order valence-corrected chi connectivity index (χ0v) is 8.65. The number of hydrogen-bond donors (Lipinski definition) is 1. The molecule has 5 heteroatoms. The molecule has 1 N–H and O–H groups in total. The molecule has 0 saturated carbocycles. The number of esters is 1. The maximum absolute atomic E-state index is 11.1. The van der Waals surface area contributed by atoms with Gasteiger partial charge < -0.3 is 19.3 Å². The molecule has 0 aromatic rings. The molecular weight excluding hydrogens is 188 g/mol. The van der Waals surface area contributed by atoms with E-state index in [1.165, 1.54) is 21.1 Å². The fraction of sp³-hybridized carbons (Fsp3) is 0.667. The van der Waals surface area contributed by atoms with Crippen LogP contribution in [0.15, 0.2) is 12.2 Å². The van der Waals surface area contributed by atoms with Gasteiger partial charge in [-0.25, -0.2) is 4.79 Å². The molecule has 0 saturated heterocycles. The minimum atomic E-state index is -1.14. The highest BCUT2D eigenvalue weighted by Crippen LogP contribution is 2.09. The first-order valence-corrected chi connectivity index (χ1v) is 4.13. The van der Waals surface area contributed by atoms with Crippen LogP contribution in [-0.2, 0) is 19.0 Å². The van der Waals surface area contributed by atoms with E-state index in [9.17, 15) is 4.79 Å². The lowest BCUT2D eigenvalue weighted by molar-refractivity contribution is -0.161. The SMILES string of the molecule is C=C(CC(OC)OC)C(=O)OC(C)O. The van der Waals surface area contributed by atoms with Crippen LogP contribution in [0.5, 0.6) is 0 Å². The number of rotatable bonds is 6. The van der Waals surface area contributed by atoms with E-state index in [2.05, 4.69) is 11.3 Å². The van der Waals surface area contributed by atoms with Crippen molar-refractivity contribution in [2.24, 2.45) is 0 Å². The predicted octanol–water partition coefficient (Wildman–Crippen LogP) is 0.433. The molecule has 14 heavy (non-hydrogen) atoms. The van der Waals surface area contributed by atoms with E-state index in [4.69, 9.17) is 14.6 Å². The Kier molecular flexibility index (Phi) is 6.11. The standard InChI is InChI=1S/C9H16O5/c1-6(5-8(12-3)13-4)9(11)14-7(2)10/h7-8,10H,1,5H2,2-4H3. The van der Waals surface area contributed by atoms with Crippen LogP contribution in [-0.4, -0.2) is 37.9 Å². The summed E-state index contributed by atoms with van der Waals surface area (Å²) in [5.41, 5.74) is 0.194. The molecule has 0 fully saturated rings. The Labute approximate surface area is 83.3 Å². The Morgan fingerprint density at radius 2 is 1.93 bits per heavy atom. The molecule has 0 aromatic heterocycles. The summed E-state index contributed by atoms with van der Waals surface area (Å²) in [6, 6.07) is 0. The molecule has 0 amide bonds. The van der Waals surface area contributed by atoms with Crippen molar-refractivity contribution >= 4 is 5.97 Å². The molecule has 1 atom stereocenters. The Morgan fingerprint density at radius 3 is 2.29 bits per heavy atom. The summed E-state index contributed by atoms with van der Waals surface area (Å²) in [6.45, 7) is 4.84. The third kappa shape index (κ3) is 4.96. The summed E-state index contributed by atoms with van der Waals surface area (Å²) < 4.78 is 14.3. The molecule has 0 aromatic carbocycles. The Balaban J connectivity index is 4.00. The lowest BCUT2D eigenvalue weighted by Gasteiger charge is -2.14. The summed E-state index contributed by atoms with van der Waals surface area (Å²) in [7, 11) is 2.92. The third-order valence-electron chi connectivity index (χ3n) is 1.51. The van der Waals surface area contributed by atoms with Crippen LogP contribution >= 0.6 is 0 Å². The average Bonchev–Trinajstić information content (AvgIpc) is 2.12. The number of aliphatic hydroxyl groups excluding tert-OH is 1. The first-order chi connectivity index (χ1) is 6.51. The topological polar surface area (TPSA) is 65.0 Å². The largest absolute Gasteiger partial charge is 0.433 e. The normalized spacial score (nSPS) is 12.6. The maximum Gasteiger partial charge on any atom is 0.335 e. The van der Waals surface area contributed by atoms with Crippen LogP contribution in [0.3, 0.4) is 0 Å². The lowest BCUT2D eigenvalue weighted by Crippen LogP contribution is -2.20. The average molecular weight is 204 g/mol. The van der Waals surface area contributed by atoms with E-state index in [0.29, 0.717) is 0 Å². The number of ether oxygens (including phenoxy) is 3. The first kappa shape index (κ1) is 13.1. The van der Waals surface area contributed by atoms with Crippen molar-refractivity contribution in [3.63, 3.8) is 0 Å². The van der Waals surface area contributed by atoms with Crippen molar-refractivity contribution in [1.82, 2.24) is 0 Å². The lowest BCUT2D eigenvalue weighted by atomic mass is 10.2. The van der Waals surface area contributed by atoms with Gasteiger partial charge in [0, 0.05) is 26.2 Å². The fourth-order valence-electron chi connectivity index (χ4n) is 0.786. The molecule has 5 nitrogen and oxygen atoms in total. The third-order valence-corrected chi connectivity index (χ3v) is 1.51. The molecule has 0 aliphatic heterocycles. The Hall–Kier alpha value is -0.910. The van der Waals surface area contributed by atoms with Gasteiger partial charge in [0.15, 0.2) is 12.6 Å². The highest BCUT2D eigenvalue weighted by Gasteiger charge is 2.16. The second kappa shape index (κ2) is 6.53. The van der Waals surface area contributed by atoms with Gasteiger partial charge in [0.25, 0.3) is 0 Å². The summed E-state index contributed by atoms with van der Waals surface area (Å²) in [5, 5.41) is 8.77. The monoisotopic (exact) mass is 204 g/mol. The number of aliphatic hydroxyl groups is 1. The second-order valence-corrected chi connectivity index (χ2v) is 2.71. The number of hydrogen-bond acceptors (Lipinski definition) is 5. The second-order valence-electron chi connectivity index (χ2n) is 2.71. The molecule has 82 valence electrons. The van der Waals surface area contributed by atoms with Crippen LogP contribution in [0, 0.1) is 0 Å². The number of carbonyl (C=O) groups is 1. The highest BCUT2D eigenvalue weighted by molar-refractivity contribution is 5.87. The Bertz CT molecular complexity index is 195. The number of methoxy groups -OCH3 is 2.